The van der Waals surface area contributed by atoms with Crippen LogP contribution in [0.4, 0.5) is 17.1 Å². The van der Waals surface area contributed by atoms with Crippen molar-refractivity contribution in [3.8, 4) is 17.1 Å². The first-order valence-corrected chi connectivity index (χ1v) is 9.44. The second kappa shape index (κ2) is 9.12. The molecule has 3 rings (SSSR count). The van der Waals surface area contributed by atoms with Gasteiger partial charge in [0.2, 0.25) is 5.91 Å². The van der Waals surface area contributed by atoms with E-state index in [-0.39, 0.29) is 34.6 Å². The number of methoxy groups -OCH3 is 1. The summed E-state index contributed by atoms with van der Waals surface area (Å²) in [6.45, 7) is 3.55. The molecule has 1 aromatic heterocycles. The molecule has 0 spiro atoms. The van der Waals surface area contributed by atoms with Crippen molar-refractivity contribution < 1.29 is 23.7 Å². The smallest absolute Gasteiger partial charge is 0.291 e. The number of anilines is 2. The molecule has 9 heteroatoms. The molecular weight excluding hydrogens is 402 g/mol. The number of hydrogen-bond donors (Lipinski definition) is 2. The number of ether oxygens (including phenoxy) is 1. The van der Waals surface area contributed by atoms with Crippen LogP contribution in [0.2, 0.25) is 0 Å². The van der Waals surface area contributed by atoms with E-state index in [1.54, 1.807) is 50.2 Å². The van der Waals surface area contributed by atoms with Crippen LogP contribution in [0.5, 0.6) is 5.75 Å². The van der Waals surface area contributed by atoms with Crippen LogP contribution < -0.4 is 15.4 Å². The van der Waals surface area contributed by atoms with Gasteiger partial charge < -0.3 is 19.8 Å². The SMILES string of the molecule is COc1cc(NC(=O)c2ccc(-c3ccccc3[N+](=O)[O-])o2)ccc1NC(=O)C(C)C. The molecule has 2 amide bonds. The van der Waals surface area contributed by atoms with Gasteiger partial charge in [-0.15, -0.1) is 0 Å². The van der Waals surface area contributed by atoms with E-state index in [0.717, 1.165) is 0 Å². The Morgan fingerprint density at radius 3 is 2.48 bits per heavy atom. The average Bonchev–Trinajstić information content (AvgIpc) is 3.25. The first-order chi connectivity index (χ1) is 14.8. The number of amides is 2. The molecule has 0 saturated carbocycles. The number of nitrogens with zero attached hydrogens (tertiary/aromatic N) is 1. The van der Waals surface area contributed by atoms with Crippen molar-refractivity contribution in [2.45, 2.75) is 13.8 Å². The number of rotatable bonds is 7. The number of carbonyl (C=O) groups excluding carboxylic acids is 2. The minimum absolute atomic E-state index is 0.00990. The Bertz CT molecular complexity index is 1140. The van der Waals surface area contributed by atoms with E-state index in [4.69, 9.17) is 9.15 Å². The van der Waals surface area contributed by atoms with Crippen LogP contribution in [0.25, 0.3) is 11.3 Å². The Morgan fingerprint density at radius 1 is 1.06 bits per heavy atom. The lowest BCUT2D eigenvalue weighted by Crippen LogP contribution is -2.18. The molecule has 160 valence electrons. The highest BCUT2D eigenvalue weighted by Crippen LogP contribution is 2.32. The van der Waals surface area contributed by atoms with Crippen molar-refractivity contribution in [2.75, 3.05) is 17.7 Å². The fourth-order valence-electron chi connectivity index (χ4n) is 2.79. The van der Waals surface area contributed by atoms with Gasteiger partial charge in [0.15, 0.2) is 5.76 Å². The quantitative estimate of drug-likeness (QED) is 0.419. The minimum atomic E-state index is -0.536. The zero-order valence-electron chi connectivity index (χ0n) is 17.2. The number of furan rings is 1. The molecule has 0 unspecified atom stereocenters. The summed E-state index contributed by atoms with van der Waals surface area (Å²) in [4.78, 5) is 35.2. The van der Waals surface area contributed by atoms with Crippen molar-refractivity contribution in [1.29, 1.82) is 0 Å². The number of carbonyl (C=O) groups is 2. The van der Waals surface area contributed by atoms with Gasteiger partial charge in [0.05, 0.1) is 23.3 Å². The predicted molar refractivity (Wildman–Crippen MR) is 115 cm³/mol. The maximum absolute atomic E-state index is 12.6. The lowest BCUT2D eigenvalue weighted by molar-refractivity contribution is -0.384. The number of hydrogen-bond acceptors (Lipinski definition) is 6. The highest BCUT2D eigenvalue weighted by atomic mass is 16.6. The molecule has 0 aliphatic carbocycles. The molecule has 1 heterocycles. The van der Waals surface area contributed by atoms with Crippen molar-refractivity contribution in [3.05, 3.63) is 70.5 Å². The third kappa shape index (κ3) is 4.89. The summed E-state index contributed by atoms with van der Waals surface area (Å²) < 4.78 is 10.8. The van der Waals surface area contributed by atoms with Crippen LogP contribution in [-0.2, 0) is 4.79 Å². The molecule has 2 aromatic carbocycles. The Labute approximate surface area is 178 Å². The van der Waals surface area contributed by atoms with Crippen LogP contribution in [0.3, 0.4) is 0 Å². The Morgan fingerprint density at radius 2 is 1.81 bits per heavy atom. The number of nitro benzene ring substituents is 1. The van der Waals surface area contributed by atoms with E-state index in [2.05, 4.69) is 10.6 Å². The molecule has 31 heavy (non-hydrogen) atoms. The van der Waals surface area contributed by atoms with E-state index in [1.807, 2.05) is 0 Å². The summed E-state index contributed by atoms with van der Waals surface area (Å²) in [6.07, 6.45) is 0. The Balaban J connectivity index is 1.78. The van der Waals surface area contributed by atoms with E-state index in [9.17, 15) is 19.7 Å². The lowest BCUT2D eigenvalue weighted by Gasteiger charge is -2.13. The molecule has 0 fully saturated rings. The molecular formula is C22H21N3O6. The monoisotopic (exact) mass is 423 g/mol. The number of para-hydroxylation sites is 1. The highest BCUT2D eigenvalue weighted by molar-refractivity contribution is 6.03. The van der Waals surface area contributed by atoms with E-state index >= 15 is 0 Å². The lowest BCUT2D eigenvalue weighted by atomic mass is 10.1. The Kier molecular flexibility index (Phi) is 6.35. The van der Waals surface area contributed by atoms with Crippen LogP contribution in [0.1, 0.15) is 24.4 Å². The first-order valence-electron chi connectivity index (χ1n) is 9.44. The molecule has 0 atom stereocenters. The van der Waals surface area contributed by atoms with Crippen molar-refractivity contribution in [3.63, 3.8) is 0 Å². The van der Waals surface area contributed by atoms with Crippen LogP contribution in [-0.4, -0.2) is 23.8 Å². The molecule has 3 aromatic rings. The summed E-state index contributed by atoms with van der Waals surface area (Å²) in [7, 11) is 1.46. The van der Waals surface area contributed by atoms with Gasteiger partial charge in [0.25, 0.3) is 11.6 Å². The summed E-state index contributed by atoms with van der Waals surface area (Å²) in [5, 5.41) is 16.7. The molecule has 0 aliphatic heterocycles. The molecule has 0 saturated heterocycles. The maximum Gasteiger partial charge on any atom is 0.291 e. The zero-order chi connectivity index (χ0) is 22.5. The number of nitro groups is 1. The average molecular weight is 423 g/mol. The molecule has 9 nitrogen and oxygen atoms in total. The molecule has 0 aliphatic rings. The summed E-state index contributed by atoms with van der Waals surface area (Å²) >= 11 is 0. The summed E-state index contributed by atoms with van der Waals surface area (Å²) in [5.74, 6) is -0.311. The molecule has 0 radical (unpaired) electrons. The van der Waals surface area contributed by atoms with Gasteiger partial charge in [-0.1, -0.05) is 26.0 Å². The normalized spacial score (nSPS) is 10.6. The van der Waals surface area contributed by atoms with E-state index in [0.29, 0.717) is 17.1 Å². The third-order valence-electron chi connectivity index (χ3n) is 4.44. The number of nitrogens with one attached hydrogen (secondary N) is 2. The van der Waals surface area contributed by atoms with Crippen LogP contribution in [0.15, 0.2) is 59.0 Å². The number of benzene rings is 2. The highest BCUT2D eigenvalue weighted by Gasteiger charge is 2.20. The van der Waals surface area contributed by atoms with Gasteiger partial charge in [-0.2, -0.15) is 0 Å². The zero-order valence-corrected chi connectivity index (χ0v) is 17.2. The van der Waals surface area contributed by atoms with Gasteiger partial charge >= 0.3 is 0 Å². The van der Waals surface area contributed by atoms with Crippen LogP contribution >= 0.6 is 0 Å². The largest absolute Gasteiger partial charge is 0.494 e. The minimum Gasteiger partial charge on any atom is -0.494 e. The van der Waals surface area contributed by atoms with E-state index < -0.39 is 10.8 Å². The topological polar surface area (TPSA) is 124 Å². The molecule has 2 N–H and O–H groups in total. The summed E-state index contributed by atoms with van der Waals surface area (Å²) in [5.41, 5.74) is 1.06. The van der Waals surface area contributed by atoms with Gasteiger partial charge in [-0.05, 0) is 30.3 Å². The van der Waals surface area contributed by atoms with Crippen molar-refractivity contribution in [2.24, 2.45) is 5.92 Å². The molecule has 0 bridgehead atoms. The second-order valence-electron chi connectivity index (χ2n) is 6.95. The predicted octanol–water partition coefficient (Wildman–Crippen LogP) is 4.71. The van der Waals surface area contributed by atoms with Gasteiger partial charge in [-0.25, -0.2) is 0 Å². The van der Waals surface area contributed by atoms with Gasteiger partial charge in [-0.3, -0.25) is 19.7 Å². The second-order valence-corrected chi connectivity index (χ2v) is 6.95. The van der Waals surface area contributed by atoms with Crippen molar-refractivity contribution >= 4 is 28.9 Å². The van der Waals surface area contributed by atoms with E-state index in [1.165, 1.54) is 25.3 Å². The van der Waals surface area contributed by atoms with Crippen LogP contribution in [0, 0.1) is 16.0 Å². The van der Waals surface area contributed by atoms with Gasteiger partial charge in [0, 0.05) is 23.7 Å². The Hall–Kier alpha value is -4.14. The fraction of sp³-hybridized carbons (Fsp3) is 0.182. The van der Waals surface area contributed by atoms with Crippen molar-refractivity contribution in [1.82, 2.24) is 0 Å². The third-order valence-corrected chi connectivity index (χ3v) is 4.44. The first kappa shape index (κ1) is 21.6. The maximum atomic E-state index is 12.6. The fourth-order valence-corrected chi connectivity index (χ4v) is 2.79. The summed E-state index contributed by atoms with van der Waals surface area (Å²) in [6, 6.07) is 13.9. The standard InChI is InChI=1S/C22H21N3O6/c1-13(2)21(26)24-16-9-8-14(12-20(16)30-3)23-22(27)19-11-10-18(31-19)15-6-4-5-7-17(15)25(28)29/h4-13H,1-3H3,(H,23,27)(H,24,26). The van der Waals surface area contributed by atoms with Gasteiger partial charge in [0.1, 0.15) is 11.5 Å².